The summed E-state index contributed by atoms with van der Waals surface area (Å²) in [7, 11) is 0. The molecule has 2 rings (SSSR count). The number of hydrogen-bond donors (Lipinski definition) is 1. The quantitative estimate of drug-likeness (QED) is 0.840. The van der Waals surface area contributed by atoms with Crippen molar-refractivity contribution in [1.29, 1.82) is 0 Å². The monoisotopic (exact) mass is 270 g/mol. The standard InChI is InChI=1S/C13H22N2O2S/c1-9(2)11-12(17)14-7-10(16)15(11)8-13(3)5-4-6-18-13/h9,11H,4-8H2,1-3H3,(H,14,17). The van der Waals surface area contributed by atoms with Crippen molar-refractivity contribution in [3.05, 3.63) is 0 Å². The number of carbonyl (C=O) groups excluding carboxylic acids is 2. The lowest BCUT2D eigenvalue weighted by atomic mass is 9.96. The number of carbonyl (C=O) groups is 2. The smallest absolute Gasteiger partial charge is 0.243 e. The zero-order valence-electron chi connectivity index (χ0n) is 11.4. The first-order chi connectivity index (χ1) is 8.43. The molecule has 102 valence electrons. The van der Waals surface area contributed by atoms with E-state index in [1.165, 1.54) is 6.42 Å². The minimum Gasteiger partial charge on any atom is -0.345 e. The fourth-order valence-corrected chi connectivity index (χ4v) is 4.14. The van der Waals surface area contributed by atoms with Gasteiger partial charge >= 0.3 is 0 Å². The maximum atomic E-state index is 12.1. The average Bonchev–Trinajstić information content (AvgIpc) is 2.70. The molecule has 2 aliphatic rings. The Hall–Kier alpha value is -0.710. The van der Waals surface area contributed by atoms with Gasteiger partial charge in [0, 0.05) is 11.3 Å². The van der Waals surface area contributed by atoms with E-state index in [2.05, 4.69) is 12.2 Å². The summed E-state index contributed by atoms with van der Waals surface area (Å²) in [5, 5.41) is 2.69. The van der Waals surface area contributed by atoms with Gasteiger partial charge in [0.1, 0.15) is 6.04 Å². The highest BCUT2D eigenvalue weighted by Crippen LogP contribution is 2.39. The molecule has 5 heteroatoms. The molecule has 0 bridgehead atoms. The summed E-state index contributed by atoms with van der Waals surface area (Å²) in [4.78, 5) is 25.9. The van der Waals surface area contributed by atoms with E-state index in [-0.39, 0.29) is 35.1 Å². The van der Waals surface area contributed by atoms with Crippen molar-refractivity contribution in [3.63, 3.8) is 0 Å². The van der Waals surface area contributed by atoms with Gasteiger partial charge in [0.05, 0.1) is 6.54 Å². The fourth-order valence-electron chi connectivity index (χ4n) is 2.84. The topological polar surface area (TPSA) is 49.4 Å². The van der Waals surface area contributed by atoms with Gasteiger partial charge in [-0.15, -0.1) is 0 Å². The minimum absolute atomic E-state index is 0.00352. The highest BCUT2D eigenvalue weighted by molar-refractivity contribution is 8.00. The lowest BCUT2D eigenvalue weighted by molar-refractivity contribution is -0.147. The Morgan fingerprint density at radius 2 is 2.22 bits per heavy atom. The SMILES string of the molecule is CC(C)C1C(=O)NCC(=O)N1CC1(C)CCCS1. The zero-order chi connectivity index (χ0) is 13.3. The second-order valence-electron chi connectivity index (χ2n) is 5.83. The fraction of sp³-hybridized carbons (Fsp3) is 0.846. The largest absolute Gasteiger partial charge is 0.345 e. The van der Waals surface area contributed by atoms with E-state index in [1.807, 2.05) is 30.5 Å². The summed E-state index contributed by atoms with van der Waals surface area (Å²) in [6, 6.07) is -0.302. The summed E-state index contributed by atoms with van der Waals surface area (Å²) < 4.78 is 0.125. The molecule has 2 unspecified atom stereocenters. The molecule has 0 aromatic rings. The van der Waals surface area contributed by atoms with E-state index >= 15 is 0 Å². The Bertz CT molecular complexity index is 351. The number of rotatable bonds is 3. The maximum absolute atomic E-state index is 12.1. The lowest BCUT2D eigenvalue weighted by Gasteiger charge is -2.41. The van der Waals surface area contributed by atoms with Crippen LogP contribution in [0.5, 0.6) is 0 Å². The predicted octanol–water partition coefficient (Wildman–Crippen LogP) is 1.26. The molecular weight excluding hydrogens is 248 g/mol. The number of thioether (sulfide) groups is 1. The molecule has 2 aliphatic heterocycles. The summed E-state index contributed by atoms with van der Waals surface area (Å²) in [6.07, 6.45) is 2.34. The van der Waals surface area contributed by atoms with Crippen LogP contribution in [0.1, 0.15) is 33.6 Å². The Labute approximate surface area is 113 Å². The van der Waals surface area contributed by atoms with Crippen molar-refractivity contribution < 1.29 is 9.59 Å². The molecular formula is C13H22N2O2S. The Balaban J connectivity index is 2.15. The molecule has 0 radical (unpaired) electrons. The van der Waals surface area contributed by atoms with Crippen LogP contribution in [0.4, 0.5) is 0 Å². The van der Waals surface area contributed by atoms with Gasteiger partial charge in [-0.1, -0.05) is 13.8 Å². The number of nitrogens with one attached hydrogen (secondary N) is 1. The third-order valence-corrected chi connectivity index (χ3v) is 5.30. The normalized spacial score (nSPS) is 33.1. The molecule has 4 nitrogen and oxygen atoms in total. The minimum atomic E-state index is -0.302. The van der Waals surface area contributed by atoms with Crippen molar-refractivity contribution in [2.75, 3.05) is 18.8 Å². The summed E-state index contributed by atoms with van der Waals surface area (Å²) >= 11 is 1.93. The number of piperazine rings is 1. The summed E-state index contributed by atoms with van der Waals surface area (Å²) in [5.41, 5.74) is 0. The molecule has 2 fully saturated rings. The first-order valence-electron chi connectivity index (χ1n) is 6.64. The molecule has 2 amide bonds. The molecule has 0 aliphatic carbocycles. The van der Waals surface area contributed by atoms with Crippen molar-refractivity contribution >= 4 is 23.6 Å². The van der Waals surface area contributed by atoms with Crippen LogP contribution in [0.3, 0.4) is 0 Å². The second kappa shape index (κ2) is 5.11. The van der Waals surface area contributed by atoms with Crippen molar-refractivity contribution in [2.45, 2.75) is 44.4 Å². The van der Waals surface area contributed by atoms with Gasteiger partial charge in [0.2, 0.25) is 11.8 Å². The van der Waals surface area contributed by atoms with Gasteiger partial charge in [0.25, 0.3) is 0 Å². The van der Waals surface area contributed by atoms with Gasteiger partial charge in [-0.2, -0.15) is 11.8 Å². The number of amides is 2. The average molecular weight is 270 g/mol. The van der Waals surface area contributed by atoms with Gasteiger partial charge in [-0.3, -0.25) is 9.59 Å². The van der Waals surface area contributed by atoms with Crippen molar-refractivity contribution in [1.82, 2.24) is 10.2 Å². The number of nitrogens with zero attached hydrogens (tertiary/aromatic N) is 1. The Morgan fingerprint density at radius 1 is 1.50 bits per heavy atom. The summed E-state index contributed by atoms with van der Waals surface area (Å²) in [5.74, 6) is 1.37. The third kappa shape index (κ3) is 2.66. The van der Waals surface area contributed by atoms with E-state index in [4.69, 9.17) is 0 Å². The van der Waals surface area contributed by atoms with Crippen LogP contribution in [0.25, 0.3) is 0 Å². The predicted molar refractivity (Wildman–Crippen MR) is 73.4 cm³/mol. The molecule has 18 heavy (non-hydrogen) atoms. The van der Waals surface area contributed by atoms with Crippen LogP contribution in [0.15, 0.2) is 0 Å². The second-order valence-corrected chi connectivity index (χ2v) is 7.51. The lowest BCUT2D eigenvalue weighted by Crippen LogP contribution is -2.62. The number of hydrogen-bond acceptors (Lipinski definition) is 3. The van der Waals surface area contributed by atoms with Gasteiger partial charge in [0.15, 0.2) is 0 Å². The molecule has 2 saturated heterocycles. The molecule has 2 atom stereocenters. The van der Waals surface area contributed by atoms with Crippen molar-refractivity contribution in [2.24, 2.45) is 5.92 Å². The molecule has 2 heterocycles. The molecule has 0 aromatic carbocycles. The third-order valence-electron chi connectivity index (χ3n) is 3.78. The molecule has 0 saturated carbocycles. The van der Waals surface area contributed by atoms with Gasteiger partial charge < -0.3 is 10.2 Å². The van der Waals surface area contributed by atoms with E-state index < -0.39 is 0 Å². The van der Waals surface area contributed by atoms with E-state index in [9.17, 15) is 9.59 Å². The first kappa shape index (κ1) is 13.7. The highest BCUT2D eigenvalue weighted by Gasteiger charge is 2.41. The van der Waals surface area contributed by atoms with E-state index in [0.29, 0.717) is 6.54 Å². The Morgan fingerprint density at radius 3 is 2.78 bits per heavy atom. The zero-order valence-corrected chi connectivity index (χ0v) is 12.2. The van der Waals surface area contributed by atoms with Gasteiger partial charge in [-0.25, -0.2) is 0 Å². The highest BCUT2D eigenvalue weighted by atomic mass is 32.2. The molecule has 0 aromatic heterocycles. The molecule has 0 spiro atoms. The summed E-state index contributed by atoms with van der Waals surface area (Å²) in [6.45, 7) is 7.07. The first-order valence-corrected chi connectivity index (χ1v) is 7.63. The van der Waals surface area contributed by atoms with Crippen LogP contribution in [-0.2, 0) is 9.59 Å². The maximum Gasteiger partial charge on any atom is 0.243 e. The Kier molecular flexibility index (Phi) is 3.90. The van der Waals surface area contributed by atoms with E-state index in [0.717, 1.165) is 12.2 Å². The van der Waals surface area contributed by atoms with Crippen LogP contribution in [0, 0.1) is 5.92 Å². The van der Waals surface area contributed by atoms with Crippen LogP contribution in [0.2, 0.25) is 0 Å². The molecule has 1 N–H and O–H groups in total. The van der Waals surface area contributed by atoms with Crippen molar-refractivity contribution in [3.8, 4) is 0 Å². The van der Waals surface area contributed by atoms with Crippen LogP contribution in [-0.4, -0.2) is 46.3 Å². The van der Waals surface area contributed by atoms with Crippen LogP contribution < -0.4 is 5.32 Å². The van der Waals surface area contributed by atoms with Gasteiger partial charge in [-0.05, 0) is 31.4 Å². The van der Waals surface area contributed by atoms with E-state index in [1.54, 1.807) is 0 Å². The van der Waals surface area contributed by atoms with Crippen LogP contribution >= 0.6 is 11.8 Å².